The van der Waals surface area contributed by atoms with Crippen molar-refractivity contribution in [3.05, 3.63) is 34.3 Å². The van der Waals surface area contributed by atoms with Gasteiger partial charge in [-0.2, -0.15) is 5.26 Å². The average molecular weight is 259 g/mol. The number of alkyl halides is 1. The Balaban J connectivity index is 2.77. The first-order valence-corrected chi connectivity index (χ1v) is 5.05. The van der Waals surface area contributed by atoms with Crippen molar-refractivity contribution in [1.29, 1.82) is 5.26 Å². The molecule has 13 heavy (non-hydrogen) atoms. The van der Waals surface area contributed by atoms with Crippen molar-refractivity contribution in [2.75, 3.05) is 0 Å². The normalized spacial score (nSPS) is 14.6. The summed E-state index contributed by atoms with van der Waals surface area (Å²) in [6.07, 6.45) is 0.568. The standard InChI is InChI=1S/C10H9BrClN/c1-10(12,7-13)6-8-2-4-9(11)5-3-8/h2-5H,6H2,1H3. The summed E-state index contributed by atoms with van der Waals surface area (Å²) in [6.45, 7) is 1.72. The molecule has 0 aromatic heterocycles. The fourth-order valence-electron chi connectivity index (χ4n) is 1.03. The van der Waals surface area contributed by atoms with Gasteiger partial charge in [-0.25, -0.2) is 0 Å². The maximum absolute atomic E-state index is 8.72. The Kier molecular flexibility index (Phi) is 3.35. The Morgan fingerprint density at radius 3 is 2.46 bits per heavy atom. The third kappa shape index (κ3) is 3.38. The summed E-state index contributed by atoms with van der Waals surface area (Å²) >= 11 is 9.27. The minimum Gasteiger partial charge on any atom is -0.196 e. The zero-order chi connectivity index (χ0) is 9.90. The van der Waals surface area contributed by atoms with Crippen molar-refractivity contribution < 1.29 is 0 Å². The number of rotatable bonds is 2. The van der Waals surface area contributed by atoms with E-state index in [9.17, 15) is 0 Å². The maximum Gasteiger partial charge on any atom is 0.132 e. The van der Waals surface area contributed by atoms with Crippen LogP contribution in [-0.2, 0) is 6.42 Å². The first-order chi connectivity index (χ1) is 6.03. The summed E-state index contributed by atoms with van der Waals surface area (Å²) in [5.74, 6) is 0. The number of halogens is 2. The quantitative estimate of drug-likeness (QED) is 0.745. The lowest BCUT2D eigenvalue weighted by molar-refractivity contribution is 0.783. The summed E-state index contributed by atoms with van der Waals surface area (Å²) in [4.78, 5) is -0.798. The van der Waals surface area contributed by atoms with Gasteiger partial charge in [-0.1, -0.05) is 28.1 Å². The minimum atomic E-state index is -0.798. The highest BCUT2D eigenvalue weighted by Gasteiger charge is 2.19. The first-order valence-electron chi connectivity index (χ1n) is 3.88. The molecule has 0 saturated heterocycles. The van der Waals surface area contributed by atoms with Crippen LogP contribution in [0.4, 0.5) is 0 Å². The van der Waals surface area contributed by atoms with Crippen molar-refractivity contribution in [2.24, 2.45) is 0 Å². The molecule has 0 heterocycles. The van der Waals surface area contributed by atoms with Gasteiger partial charge in [-0.3, -0.25) is 0 Å². The zero-order valence-corrected chi connectivity index (χ0v) is 9.56. The van der Waals surface area contributed by atoms with Gasteiger partial charge in [0.15, 0.2) is 0 Å². The highest BCUT2D eigenvalue weighted by Crippen LogP contribution is 2.20. The van der Waals surface area contributed by atoms with Gasteiger partial charge in [0, 0.05) is 10.9 Å². The predicted molar refractivity (Wildman–Crippen MR) is 57.7 cm³/mol. The van der Waals surface area contributed by atoms with Gasteiger partial charge in [0.1, 0.15) is 4.87 Å². The van der Waals surface area contributed by atoms with E-state index in [-0.39, 0.29) is 0 Å². The number of nitrogens with zero attached hydrogens (tertiary/aromatic N) is 1. The smallest absolute Gasteiger partial charge is 0.132 e. The van der Waals surface area contributed by atoms with Crippen LogP contribution in [0.25, 0.3) is 0 Å². The van der Waals surface area contributed by atoms with Gasteiger partial charge in [-0.05, 0) is 24.6 Å². The number of hydrogen-bond acceptors (Lipinski definition) is 1. The topological polar surface area (TPSA) is 23.8 Å². The molecule has 0 spiro atoms. The fourth-order valence-corrected chi connectivity index (χ4v) is 1.44. The summed E-state index contributed by atoms with van der Waals surface area (Å²) in [6, 6.07) is 9.87. The third-order valence-corrected chi connectivity index (χ3v) is 2.43. The van der Waals surface area contributed by atoms with Crippen LogP contribution in [0.1, 0.15) is 12.5 Å². The summed E-state index contributed by atoms with van der Waals surface area (Å²) < 4.78 is 1.03. The van der Waals surface area contributed by atoms with Crippen LogP contribution in [0.15, 0.2) is 28.7 Å². The molecule has 0 saturated carbocycles. The van der Waals surface area contributed by atoms with Crippen LogP contribution in [-0.4, -0.2) is 4.87 Å². The van der Waals surface area contributed by atoms with Gasteiger partial charge in [0.25, 0.3) is 0 Å². The predicted octanol–water partition coefficient (Wildman–Crippen LogP) is 3.51. The lowest BCUT2D eigenvalue weighted by Gasteiger charge is -2.11. The molecule has 0 N–H and O–H groups in total. The highest BCUT2D eigenvalue weighted by molar-refractivity contribution is 9.10. The molecule has 1 nitrogen and oxygen atoms in total. The monoisotopic (exact) mass is 257 g/mol. The molecule has 1 atom stereocenters. The molecular weight excluding hydrogens is 249 g/mol. The number of hydrogen-bond donors (Lipinski definition) is 0. The zero-order valence-electron chi connectivity index (χ0n) is 7.22. The molecule has 1 rings (SSSR count). The van der Waals surface area contributed by atoms with E-state index in [1.54, 1.807) is 6.92 Å². The number of nitriles is 1. The summed E-state index contributed by atoms with van der Waals surface area (Å²) in [7, 11) is 0. The Labute approximate surface area is 91.5 Å². The molecule has 0 bridgehead atoms. The van der Waals surface area contributed by atoms with E-state index in [0.29, 0.717) is 6.42 Å². The van der Waals surface area contributed by atoms with Crippen molar-refractivity contribution in [2.45, 2.75) is 18.2 Å². The van der Waals surface area contributed by atoms with Gasteiger partial charge in [0.05, 0.1) is 6.07 Å². The molecule has 0 radical (unpaired) electrons. The lowest BCUT2D eigenvalue weighted by Crippen LogP contribution is -2.16. The van der Waals surface area contributed by atoms with E-state index in [1.807, 2.05) is 24.3 Å². The Morgan fingerprint density at radius 2 is 2.00 bits per heavy atom. The maximum atomic E-state index is 8.72. The number of benzene rings is 1. The SMILES string of the molecule is CC(Cl)(C#N)Cc1ccc(Br)cc1. The second-order valence-corrected chi connectivity index (χ2v) is 4.86. The van der Waals surface area contributed by atoms with E-state index in [0.717, 1.165) is 10.0 Å². The summed E-state index contributed by atoms with van der Waals surface area (Å²) in [5.41, 5.74) is 1.07. The fraction of sp³-hybridized carbons (Fsp3) is 0.300. The Hall–Kier alpha value is -0.520. The van der Waals surface area contributed by atoms with Crippen LogP contribution >= 0.6 is 27.5 Å². The molecule has 0 aliphatic heterocycles. The molecule has 1 aromatic rings. The first kappa shape index (κ1) is 10.6. The van der Waals surface area contributed by atoms with E-state index in [1.165, 1.54) is 0 Å². The Bertz CT molecular complexity index is 324. The van der Waals surface area contributed by atoms with Crippen molar-refractivity contribution in [3.8, 4) is 6.07 Å². The molecule has 0 aliphatic carbocycles. The molecule has 1 aromatic carbocycles. The molecule has 3 heteroatoms. The van der Waals surface area contributed by atoms with Gasteiger partial charge in [-0.15, -0.1) is 11.6 Å². The second-order valence-electron chi connectivity index (χ2n) is 3.11. The Morgan fingerprint density at radius 1 is 1.46 bits per heavy atom. The molecule has 1 unspecified atom stereocenters. The molecule has 0 aliphatic rings. The van der Waals surface area contributed by atoms with Crippen molar-refractivity contribution in [3.63, 3.8) is 0 Å². The van der Waals surface area contributed by atoms with Crippen LogP contribution in [0, 0.1) is 11.3 Å². The van der Waals surface area contributed by atoms with Crippen LogP contribution in [0.3, 0.4) is 0 Å². The molecule has 68 valence electrons. The van der Waals surface area contributed by atoms with Gasteiger partial charge >= 0.3 is 0 Å². The largest absolute Gasteiger partial charge is 0.196 e. The van der Waals surface area contributed by atoms with E-state index in [2.05, 4.69) is 22.0 Å². The van der Waals surface area contributed by atoms with Crippen LogP contribution in [0.2, 0.25) is 0 Å². The van der Waals surface area contributed by atoms with Crippen molar-refractivity contribution in [1.82, 2.24) is 0 Å². The van der Waals surface area contributed by atoms with E-state index >= 15 is 0 Å². The van der Waals surface area contributed by atoms with Gasteiger partial charge in [0.2, 0.25) is 0 Å². The molecule has 0 amide bonds. The van der Waals surface area contributed by atoms with E-state index < -0.39 is 4.87 Å². The highest BCUT2D eigenvalue weighted by atomic mass is 79.9. The van der Waals surface area contributed by atoms with Gasteiger partial charge < -0.3 is 0 Å². The third-order valence-electron chi connectivity index (χ3n) is 1.68. The second kappa shape index (κ2) is 4.13. The summed E-state index contributed by atoms with van der Waals surface area (Å²) in [5, 5.41) is 8.72. The van der Waals surface area contributed by atoms with Crippen molar-refractivity contribution >= 4 is 27.5 Å². The average Bonchev–Trinajstić information content (AvgIpc) is 2.09. The lowest BCUT2D eigenvalue weighted by atomic mass is 10.0. The van der Waals surface area contributed by atoms with Crippen LogP contribution < -0.4 is 0 Å². The van der Waals surface area contributed by atoms with Crippen LogP contribution in [0.5, 0.6) is 0 Å². The minimum absolute atomic E-state index is 0.568. The molecule has 0 fully saturated rings. The van der Waals surface area contributed by atoms with E-state index in [4.69, 9.17) is 16.9 Å². The molecular formula is C10H9BrClN.